The van der Waals surface area contributed by atoms with Gasteiger partial charge in [0.25, 0.3) is 0 Å². The molecule has 12 heteroatoms. The number of aromatic nitrogens is 2. The Hall–Kier alpha value is -2.70. The number of fused-ring (bicyclic) bond motifs is 1. The predicted molar refractivity (Wildman–Crippen MR) is 136 cm³/mol. The van der Waals surface area contributed by atoms with E-state index < -0.39 is 24.2 Å². The summed E-state index contributed by atoms with van der Waals surface area (Å²) in [5, 5.41) is 11.9. The normalized spacial score (nSPS) is 12.8. The highest BCUT2D eigenvalue weighted by molar-refractivity contribution is 5.81. The number of aromatic amines is 1. The molecule has 212 valence electrons. The van der Waals surface area contributed by atoms with Gasteiger partial charge in [-0.1, -0.05) is 39.8 Å². The lowest BCUT2D eigenvalue weighted by atomic mass is 10.0. The third-order valence-electron chi connectivity index (χ3n) is 4.58. The summed E-state index contributed by atoms with van der Waals surface area (Å²) in [7, 11) is 0. The fraction of sp³-hybridized carbons (Fsp3) is 0.640. The van der Waals surface area contributed by atoms with Crippen LogP contribution in [0, 0.1) is 11.8 Å². The summed E-state index contributed by atoms with van der Waals surface area (Å²) < 4.78 is 44.5. The monoisotopic (exact) mass is 534 g/mol. The van der Waals surface area contributed by atoms with Gasteiger partial charge in [0.15, 0.2) is 0 Å². The van der Waals surface area contributed by atoms with Crippen LogP contribution in [0.4, 0.5) is 13.2 Å². The summed E-state index contributed by atoms with van der Waals surface area (Å²) >= 11 is 0. The number of benzene rings is 1. The summed E-state index contributed by atoms with van der Waals surface area (Å²) in [5.74, 6) is -1.61. The number of aliphatic hydroxyl groups excluding tert-OH is 1. The molecule has 0 spiro atoms. The van der Waals surface area contributed by atoms with Gasteiger partial charge in [-0.3, -0.25) is 4.79 Å². The molecule has 0 aliphatic heterocycles. The highest BCUT2D eigenvalue weighted by Gasteiger charge is 2.42. The second kappa shape index (κ2) is 17.7. The zero-order valence-corrected chi connectivity index (χ0v) is 22.4. The molecule has 1 amide bonds. The van der Waals surface area contributed by atoms with Gasteiger partial charge in [0, 0.05) is 13.2 Å². The third-order valence-corrected chi connectivity index (χ3v) is 4.58. The van der Waals surface area contributed by atoms with Gasteiger partial charge in [-0.15, -0.1) is 0 Å². The first-order chi connectivity index (χ1) is 17.2. The number of esters is 1. The Morgan fingerprint density at radius 2 is 1.65 bits per heavy atom. The number of amides is 1. The molecule has 2 aromatic rings. The molecule has 1 heterocycles. The largest absolute Gasteiger partial charge is 0.491 e. The second-order valence-corrected chi connectivity index (χ2v) is 8.98. The van der Waals surface area contributed by atoms with Crippen molar-refractivity contribution in [2.24, 2.45) is 17.6 Å². The van der Waals surface area contributed by atoms with E-state index in [1.54, 1.807) is 24.3 Å². The number of alkyl halides is 3. The second-order valence-electron chi connectivity index (χ2n) is 8.98. The molecular weight excluding hydrogens is 493 g/mol. The van der Waals surface area contributed by atoms with Crippen molar-refractivity contribution in [2.45, 2.75) is 72.6 Å². The Morgan fingerprint density at radius 1 is 1.08 bits per heavy atom. The van der Waals surface area contributed by atoms with E-state index in [0.717, 1.165) is 19.6 Å². The van der Waals surface area contributed by atoms with Crippen LogP contribution in [-0.4, -0.2) is 65.0 Å². The minimum absolute atomic E-state index is 0.0294. The summed E-state index contributed by atoms with van der Waals surface area (Å²) in [6.45, 7) is 13.8. The minimum atomic E-state index is -5.03. The van der Waals surface area contributed by atoms with Crippen LogP contribution >= 0.6 is 0 Å². The molecule has 0 bridgehead atoms. The number of aliphatic hydroxyl groups is 1. The van der Waals surface area contributed by atoms with E-state index in [1.165, 1.54) is 0 Å². The Kier molecular flexibility index (Phi) is 16.4. The van der Waals surface area contributed by atoms with Crippen LogP contribution in [0.25, 0.3) is 11.0 Å². The van der Waals surface area contributed by atoms with Gasteiger partial charge in [0.05, 0.1) is 29.7 Å². The van der Waals surface area contributed by atoms with E-state index >= 15 is 0 Å². The molecule has 1 aromatic heterocycles. The lowest BCUT2D eigenvalue weighted by Gasteiger charge is -2.21. The quantitative estimate of drug-likeness (QED) is 0.338. The molecule has 2 rings (SSSR count). The van der Waals surface area contributed by atoms with E-state index in [-0.39, 0.29) is 18.6 Å². The third kappa shape index (κ3) is 15.2. The summed E-state index contributed by atoms with van der Waals surface area (Å²) in [5.41, 5.74) is 6.67. The molecular formula is C25H41F3N4O5. The standard InChI is InChI=1S/C12H26N2O2.C9H5F3N2O2.C4H10O/c1-8(2)5-10(7-15)14-12(16)11(13)6-9(3)4;10-9(11,12)7(15)16-8-13-5-3-1-2-4-6(5)14-8;1-3-5-4-2/h8-11,15H,5-7,13H2,1-4H3,(H,14,16);1-4H,(H,13,14);3-4H2,1-2H3/t10-,11?;;/m1../s1. The van der Waals surface area contributed by atoms with E-state index in [4.69, 9.17) is 15.6 Å². The maximum absolute atomic E-state index is 11.9. The van der Waals surface area contributed by atoms with Crippen molar-refractivity contribution in [3.8, 4) is 6.01 Å². The summed E-state index contributed by atoms with van der Waals surface area (Å²) in [6, 6.07) is 5.41. The van der Waals surface area contributed by atoms with Gasteiger partial charge in [-0.25, -0.2) is 4.79 Å². The van der Waals surface area contributed by atoms with E-state index in [9.17, 15) is 22.8 Å². The zero-order chi connectivity index (χ0) is 28.6. The molecule has 0 saturated heterocycles. The zero-order valence-electron chi connectivity index (χ0n) is 22.4. The first-order valence-electron chi connectivity index (χ1n) is 12.2. The number of ether oxygens (including phenoxy) is 2. The van der Waals surface area contributed by atoms with Crippen molar-refractivity contribution in [3.63, 3.8) is 0 Å². The van der Waals surface area contributed by atoms with Crippen molar-refractivity contribution in [1.82, 2.24) is 15.3 Å². The lowest BCUT2D eigenvalue weighted by Crippen LogP contribution is -2.47. The van der Waals surface area contributed by atoms with Crippen LogP contribution in [0.3, 0.4) is 0 Å². The molecule has 9 nitrogen and oxygen atoms in total. The molecule has 0 fully saturated rings. The van der Waals surface area contributed by atoms with E-state index in [2.05, 4.69) is 33.9 Å². The molecule has 37 heavy (non-hydrogen) atoms. The molecule has 1 unspecified atom stereocenters. The van der Waals surface area contributed by atoms with Crippen molar-refractivity contribution in [1.29, 1.82) is 0 Å². The van der Waals surface area contributed by atoms with Gasteiger partial charge >= 0.3 is 18.2 Å². The fourth-order valence-electron chi connectivity index (χ4n) is 3.00. The average molecular weight is 535 g/mol. The number of carbonyl (C=O) groups excluding carboxylic acids is 2. The highest BCUT2D eigenvalue weighted by Crippen LogP contribution is 2.20. The molecule has 2 atom stereocenters. The van der Waals surface area contributed by atoms with Crippen LogP contribution in [0.2, 0.25) is 0 Å². The molecule has 0 aliphatic carbocycles. The van der Waals surface area contributed by atoms with Crippen molar-refractivity contribution in [2.75, 3.05) is 19.8 Å². The van der Waals surface area contributed by atoms with E-state index in [1.807, 2.05) is 27.7 Å². The molecule has 0 radical (unpaired) electrons. The van der Waals surface area contributed by atoms with Gasteiger partial charge < -0.3 is 30.6 Å². The van der Waals surface area contributed by atoms with Crippen molar-refractivity contribution >= 4 is 22.9 Å². The van der Waals surface area contributed by atoms with Crippen LogP contribution in [0.15, 0.2) is 24.3 Å². The minimum Gasteiger partial charge on any atom is -0.394 e. The Labute approximate surface area is 216 Å². The number of H-pyrrole nitrogens is 1. The number of rotatable bonds is 10. The maximum atomic E-state index is 11.9. The first kappa shape index (κ1) is 34.3. The highest BCUT2D eigenvalue weighted by atomic mass is 19.4. The molecule has 1 aromatic carbocycles. The Bertz CT molecular complexity index is 884. The van der Waals surface area contributed by atoms with Gasteiger partial charge in [-0.05, 0) is 50.7 Å². The van der Waals surface area contributed by atoms with Gasteiger partial charge in [0.1, 0.15) is 0 Å². The lowest BCUT2D eigenvalue weighted by molar-refractivity contribution is -0.190. The van der Waals surface area contributed by atoms with Crippen LogP contribution in [0.1, 0.15) is 54.4 Å². The number of para-hydroxylation sites is 2. The Balaban J connectivity index is 0.000000594. The first-order valence-corrected chi connectivity index (χ1v) is 12.2. The average Bonchev–Trinajstić information content (AvgIpc) is 3.21. The molecule has 0 aliphatic rings. The number of halogens is 3. The summed E-state index contributed by atoms with van der Waals surface area (Å²) in [4.78, 5) is 28.3. The van der Waals surface area contributed by atoms with Crippen molar-refractivity contribution < 1.29 is 37.3 Å². The molecule has 0 saturated carbocycles. The number of nitrogens with one attached hydrogen (secondary N) is 2. The van der Waals surface area contributed by atoms with Gasteiger partial charge in [0.2, 0.25) is 5.91 Å². The smallest absolute Gasteiger partial charge is 0.394 e. The Morgan fingerprint density at radius 3 is 2.08 bits per heavy atom. The van der Waals surface area contributed by atoms with Gasteiger partial charge in [-0.2, -0.15) is 18.2 Å². The number of hydrogen-bond acceptors (Lipinski definition) is 7. The van der Waals surface area contributed by atoms with Crippen LogP contribution in [0.5, 0.6) is 6.01 Å². The van der Waals surface area contributed by atoms with E-state index in [0.29, 0.717) is 29.3 Å². The maximum Gasteiger partial charge on any atom is 0.491 e. The number of nitrogens with zero attached hydrogens (tertiary/aromatic N) is 1. The predicted octanol–water partition coefficient (Wildman–Crippen LogP) is 3.96. The number of hydrogen-bond donors (Lipinski definition) is 4. The molecule has 5 N–H and O–H groups in total. The topological polar surface area (TPSA) is 140 Å². The van der Waals surface area contributed by atoms with Crippen LogP contribution in [-0.2, 0) is 14.3 Å². The number of nitrogens with two attached hydrogens (primary N) is 1. The van der Waals surface area contributed by atoms with Crippen molar-refractivity contribution in [3.05, 3.63) is 24.3 Å². The fourth-order valence-corrected chi connectivity index (χ4v) is 3.00. The summed E-state index contributed by atoms with van der Waals surface area (Å²) in [6.07, 6.45) is -3.58. The van der Waals surface area contributed by atoms with Crippen LogP contribution < -0.4 is 15.8 Å². The number of carbonyl (C=O) groups is 2. The number of imidazole rings is 1. The SMILES string of the molecule is CC(C)CC(N)C(=O)N[C@@H](CO)CC(C)C.CCOCC.O=C(Oc1nc2ccccc2[nH]1)C(F)(F)F.